The summed E-state index contributed by atoms with van der Waals surface area (Å²) in [7, 11) is 0. The van der Waals surface area contributed by atoms with Crippen molar-refractivity contribution >= 4 is 52.9 Å². The van der Waals surface area contributed by atoms with Gasteiger partial charge in [0.05, 0.1) is 16.8 Å². The standard InChI is InChI=1S/C28H29ClN2OS.ClH.2H2O/c1-21(32)28(22-8-3-2-4-9-22)14-18-30(19-15-28)16-7-17-31-24-10-5-6-11-26(24)33-27-13-12-23(29)20-25(27)31;;;/h2-6,8-13,20H,7,14-19H2,1H3;1H;2*1H2. The predicted octanol–water partition coefficient (Wildman–Crippen LogP) is 5.73. The molecule has 2 aliphatic rings. The zero-order valence-electron chi connectivity index (χ0n) is 20.4. The summed E-state index contributed by atoms with van der Waals surface area (Å²) < 4.78 is 0. The van der Waals surface area contributed by atoms with Crippen LogP contribution in [0.1, 0.15) is 31.7 Å². The quantitative estimate of drug-likeness (QED) is 0.393. The Kier molecular flexibility index (Phi) is 10.9. The zero-order chi connectivity index (χ0) is 22.8. The van der Waals surface area contributed by atoms with Crippen LogP contribution in [0.2, 0.25) is 5.02 Å². The average Bonchev–Trinajstić information content (AvgIpc) is 2.85. The summed E-state index contributed by atoms with van der Waals surface area (Å²) in [6.45, 7) is 5.66. The molecule has 2 heterocycles. The van der Waals surface area contributed by atoms with Crippen molar-refractivity contribution in [3.63, 3.8) is 0 Å². The lowest BCUT2D eigenvalue weighted by molar-refractivity contribution is -0.124. The molecule has 1 fully saturated rings. The number of hydrogen-bond donors (Lipinski definition) is 0. The maximum atomic E-state index is 12.7. The van der Waals surface area contributed by atoms with Gasteiger partial charge in [-0.05, 0) is 81.7 Å². The van der Waals surface area contributed by atoms with Gasteiger partial charge >= 0.3 is 0 Å². The second kappa shape index (κ2) is 13.0. The van der Waals surface area contributed by atoms with Gasteiger partial charge in [0.15, 0.2) is 0 Å². The number of benzene rings is 3. The van der Waals surface area contributed by atoms with Gasteiger partial charge in [-0.2, -0.15) is 0 Å². The van der Waals surface area contributed by atoms with E-state index in [2.05, 4.69) is 58.3 Å². The maximum absolute atomic E-state index is 12.7. The van der Waals surface area contributed by atoms with E-state index >= 15 is 0 Å². The number of carbonyl (C=O) groups is 1. The summed E-state index contributed by atoms with van der Waals surface area (Å²) in [6.07, 6.45) is 2.85. The Morgan fingerprint density at radius 2 is 1.53 bits per heavy atom. The molecule has 0 radical (unpaired) electrons. The summed E-state index contributed by atoms with van der Waals surface area (Å²) in [6, 6.07) is 25.1. The number of piperidine rings is 1. The van der Waals surface area contributed by atoms with E-state index in [0.29, 0.717) is 5.78 Å². The van der Waals surface area contributed by atoms with Crippen molar-refractivity contribution in [1.82, 2.24) is 4.90 Å². The lowest BCUT2D eigenvalue weighted by Gasteiger charge is -2.41. The van der Waals surface area contributed by atoms with Crippen LogP contribution in [0.5, 0.6) is 0 Å². The van der Waals surface area contributed by atoms with E-state index in [1.165, 1.54) is 26.7 Å². The van der Waals surface area contributed by atoms with Crippen LogP contribution in [-0.4, -0.2) is 47.8 Å². The van der Waals surface area contributed by atoms with Crippen LogP contribution in [0.3, 0.4) is 0 Å². The van der Waals surface area contributed by atoms with Crippen LogP contribution in [0.4, 0.5) is 11.4 Å². The molecule has 0 aromatic heterocycles. The Labute approximate surface area is 228 Å². The normalized spacial score (nSPS) is 15.9. The first-order valence-electron chi connectivity index (χ1n) is 11.7. The van der Waals surface area contributed by atoms with Gasteiger partial charge in [0.1, 0.15) is 5.78 Å². The summed E-state index contributed by atoms with van der Waals surface area (Å²) in [5.74, 6) is 0.296. The fourth-order valence-corrected chi connectivity index (χ4v) is 6.50. The summed E-state index contributed by atoms with van der Waals surface area (Å²) in [4.78, 5) is 20.2. The second-order valence-electron chi connectivity index (χ2n) is 9.03. The number of para-hydroxylation sites is 1. The van der Waals surface area contributed by atoms with Crippen LogP contribution in [-0.2, 0) is 10.2 Å². The monoisotopic (exact) mass is 548 g/mol. The Balaban J connectivity index is 0.00000152. The Bertz CT molecular complexity index is 1150. The molecule has 0 aliphatic carbocycles. The molecule has 8 heteroatoms. The highest BCUT2D eigenvalue weighted by molar-refractivity contribution is 7.99. The van der Waals surface area contributed by atoms with E-state index in [1.54, 1.807) is 6.92 Å². The van der Waals surface area contributed by atoms with E-state index in [0.717, 1.165) is 50.5 Å². The van der Waals surface area contributed by atoms with Crippen molar-refractivity contribution in [2.45, 2.75) is 41.4 Å². The fraction of sp³-hybridized carbons (Fsp3) is 0.321. The molecule has 1 saturated heterocycles. The van der Waals surface area contributed by atoms with Crippen molar-refractivity contribution in [1.29, 1.82) is 0 Å². The smallest absolute Gasteiger partial charge is 0.140 e. The van der Waals surface area contributed by atoms with Crippen LogP contribution in [0.25, 0.3) is 0 Å². The molecule has 3 aromatic rings. The average molecular weight is 550 g/mol. The van der Waals surface area contributed by atoms with E-state index < -0.39 is 0 Å². The van der Waals surface area contributed by atoms with Crippen molar-refractivity contribution in [2.75, 3.05) is 31.1 Å². The number of hydrogen-bond acceptors (Lipinski definition) is 4. The van der Waals surface area contributed by atoms with Crippen molar-refractivity contribution in [3.05, 3.63) is 83.4 Å². The summed E-state index contributed by atoms with van der Waals surface area (Å²) in [5.41, 5.74) is 3.31. The number of carbonyl (C=O) groups excluding carboxylic acids is 1. The lowest BCUT2D eigenvalue weighted by Crippen LogP contribution is -2.47. The highest BCUT2D eigenvalue weighted by Gasteiger charge is 2.40. The van der Waals surface area contributed by atoms with Gasteiger partial charge in [-0.25, -0.2) is 0 Å². The minimum Gasteiger partial charge on any atom is -0.412 e. The number of Topliss-reactive ketones (excluding diaryl/α,β-unsaturated/α-hetero) is 1. The molecule has 3 aromatic carbocycles. The Morgan fingerprint density at radius 1 is 0.889 bits per heavy atom. The molecule has 4 N–H and O–H groups in total. The predicted molar refractivity (Wildman–Crippen MR) is 153 cm³/mol. The van der Waals surface area contributed by atoms with Gasteiger partial charge in [-0.15, -0.1) is 12.4 Å². The SMILES string of the molecule is CC(=O)C1(c2ccccc2)CCN(CCCN2c3ccccc3Sc3ccc(Cl)cc32)CC1.Cl.O.O. The van der Waals surface area contributed by atoms with Gasteiger partial charge in [0.25, 0.3) is 0 Å². The maximum Gasteiger partial charge on any atom is 0.140 e. The molecule has 36 heavy (non-hydrogen) atoms. The Morgan fingerprint density at radius 3 is 2.22 bits per heavy atom. The van der Waals surface area contributed by atoms with Crippen molar-refractivity contribution < 1.29 is 15.7 Å². The highest BCUT2D eigenvalue weighted by atomic mass is 35.5. The van der Waals surface area contributed by atoms with Gasteiger partial charge in [0.2, 0.25) is 0 Å². The van der Waals surface area contributed by atoms with Crippen LogP contribution >= 0.6 is 35.8 Å². The first-order chi connectivity index (χ1) is 16.1. The molecule has 2 aliphatic heterocycles. The molecule has 0 bridgehead atoms. The van der Waals surface area contributed by atoms with Gasteiger partial charge in [-0.1, -0.05) is 65.8 Å². The molecule has 0 unspecified atom stereocenters. The summed E-state index contributed by atoms with van der Waals surface area (Å²) >= 11 is 8.17. The van der Waals surface area contributed by atoms with Crippen LogP contribution < -0.4 is 4.90 Å². The third-order valence-corrected chi connectivity index (χ3v) is 8.52. The number of nitrogens with zero attached hydrogens (tertiary/aromatic N) is 2. The van der Waals surface area contributed by atoms with E-state index in [1.807, 2.05) is 36.0 Å². The van der Waals surface area contributed by atoms with Gasteiger partial charge < -0.3 is 20.8 Å². The molecule has 194 valence electrons. The van der Waals surface area contributed by atoms with E-state index in [-0.39, 0.29) is 28.8 Å². The fourth-order valence-electron chi connectivity index (χ4n) is 5.26. The van der Waals surface area contributed by atoms with Crippen molar-refractivity contribution in [2.24, 2.45) is 0 Å². The molecule has 5 nitrogen and oxygen atoms in total. The number of anilines is 2. The van der Waals surface area contributed by atoms with E-state index in [4.69, 9.17) is 11.6 Å². The Hall–Kier alpha value is -2.06. The topological polar surface area (TPSA) is 86.6 Å². The largest absolute Gasteiger partial charge is 0.412 e. The van der Waals surface area contributed by atoms with E-state index in [9.17, 15) is 4.79 Å². The molecule has 0 atom stereocenters. The first kappa shape index (κ1) is 30.2. The number of likely N-dealkylation sites (tertiary alicyclic amines) is 1. The van der Waals surface area contributed by atoms with Crippen LogP contribution in [0.15, 0.2) is 82.6 Å². The number of halogens is 2. The molecular weight excluding hydrogens is 515 g/mol. The molecule has 5 rings (SSSR count). The number of ketones is 1. The minimum atomic E-state index is -0.323. The van der Waals surface area contributed by atoms with Gasteiger partial charge in [-0.3, -0.25) is 4.79 Å². The third kappa shape index (κ3) is 5.91. The third-order valence-electron chi connectivity index (χ3n) is 7.15. The zero-order valence-corrected chi connectivity index (χ0v) is 22.8. The first-order valence-corrected chi connectivity index (χ1v) is 12.9. The highest BCUT2D eigenvalue weighted by Crippen LogP contribution is 2.48. The molecule has 0 amide bonds. The molecular formula is C28H34Cl2N2O3S. The molecule has 0 spiro atoms. The van der Waals surface area contributed by atoms with Crippen molar-refractivity contribution in [3.8, 4) is 0 Å². The summed E-state index contributed by atoms with van der Waals surface area (Å²) in [5, 5.41) is 0.774. The minimum absolute atomic E-state index is 0. The number of fused-ring (bicyclic) bond motifs is 2. The lowest BCUT2D eigenvalue weighted by atomic mass is 9.70. The van der Waals surface area contributed by atoms with Crippen LogP contribution in [0, 0.1) is 0 Å². The molecule has 0 saturated carbocycles. The number of rotatable bonds is 6. The van der Waals surface area contributed by atoms with Gasteiger partial charge in [0, 0.05) is 21.4 Å². The second-order valence-corrected chi connectivity index (χ2v) is 10.6.